The molecule has 0 heterocycles. The molecule has 0 aliphatic heterocycles. The fraction of sp³-hybridized carbons (Fsp3) is 0.600. The maximum absolute atomic E-state index is 5.57. The zero-order valence-electron chi connectivity index (χ0n) is 10.7. The van der Waals surface area contributed by atoms with Crippen LogP contribution in [0.25, 0.3) is 0 Å². The van der Waals surface area contributed by atoms with Gasteiger partial charge in [0.1, 0.15) is 0 Å². The molecule has 1 aromatic rings. The molecule has 0 fully saturated rings. The van der Waals surface area contributed by atoms with Crippen molar-refractivity contribution in [2.24, 2.45) is 11.7 Å². The van der Waals surface area contributed by atoms with Gasteiger partial charge in [-0.3, -0.25) is 0 Å². The normalized spacial score (nSPS) is 11.0. The molecule has 0 saturated heterocycles. The molecule has 0 atom stereocenters. The van der Waals surface area contributed by atoms with E-state index in [2.05, 4.69) is 38.1 Å². The fourth-order valence-electron chi connectivity index (χ4n) is 1.90. The highest BCUT2D eigenvalue weighted by molar-refractivity contribution is 5.22. The predicted octanol–water partition coefficient (Wildman–Crippen LogP) is 3.90. The average Bonchev–Trinajstić information content (AvgIpc) is 2.29. The standard InChI is InChI=1S/C15H25N/c1-13(2)6-4-3-5-7-14-8-10-15(12-16)11-9-14/h8-11,13H,3-7,12,16H2,1-2H3. The molecule has 90 valence electrons. The Morgan fingerprint density at radius 3 is 2.12 bits per heavy atom. The van der Waals surface area contributed by atoms with E-state index in [1.165, 1.54) is 43.2 Å². The summed E-state index contributed by atoms with van der Waals surface area (Å²) in [4.78, 5) is 0. The monoisotopic (exact) mass is 219 g/mol. The summed E-state index contributed by atoms with van der Waals surface area (Å²) >= 11 is 0. The van der Waals surface area contributed by atoms with Crippen molar-refractivity contribution in [3.8, 4) is 0 Å². The molecule has 0 spiro atoms. The smallest absolute Gasteiger partial charge is 0.0178 e. The lowest BCUT2D eigenvalue weighted by molar-refractivity contribution is 0.527. The molecule has 0 bridgehead atoms. The highest BCUT2D eigenvalue weighted by Gasteiger charge is 1.96. The molecule has 1 nitrogen and oxygen atoms in total. The van der Waals surface area contributed by atoms with Gasteiger partial charge in [-0.05, 0) is 29.9 Å². The molecule has 16 heavy (non-hydrogen) atoms. The van der Waals surface area contributed by atoms with E-state index in [9.17, 15) is 0 Å². The van der Waals surface area contributed by atoms with E-state index in [4.69, 9.17) is 5.73 Å². The number of benzene rings is 1. The first kappa shape index (κ1) is 13.2. The predicted molar refractivity (Wildman–Crippen MR) is 71.3 cm³/mol. The summed E-state index contributed by atoms with van der Waals surface area (Å²) in [5.41, 5.74) is 8.24. The third kappa shape index (κ3) is 5.32. The van der Waals surface area contributed by atoms with Crippen LogP contribution in [0.4, 0.5) is 0 Å². The van der Waals surface area contributed by atoms with E-state index in [1.807, 2.05) is 0 Å². The van der Waals surface area contributed by atoms with Crippen molar-refractivity contribution in [1.82, 2.24) is 0 Å². The van der Waals surface area contributed by atoms with Crippen molar-refractivity contribution in [3.63, 3.8) is 0 Å². The molecule has 0 radical (unpaired) electrons. The van der Waals surface area contributed by atoms with Gasteiger partial charge in [-0.2, -0.15) is 0 Å². The van der Waals surface area contributed by atoms with Crippen LogP contribution in [0.15, 0.2) is 24.3 Å². The second-order valence-corrected chi connectivity index (χ2v) is 5.01. The van der Waals surface area contributed by atoms with Crippen LogP contribution in [0.3, 0.4) is 0 Å². The molecule has 0 aliphatic carbocycles. The molecule has 0 aliphatic rings. The lowest BCUT2D eigenvalue weighted by atomic mass is 10.0. The number of hydrogen-bond acceptors (Lipinski definition) is 1. The second-order valence-electron chi connectivity index (χ2n) is 5.01. The van der Waals surface area contributed by atoms with E-state index in [1.54, 1.807) is 0 Å². The van der Waals surface area contributed by atoms with E-state index in [-0.39, 0.29) is 0 Å². The zero-order valence-corrected chi connectivity index (χ0v) is 10.7. The van der Waals surface area contributed by atoms with Gasteiger partial charge in [0.05, 0.1) is 0 Å². The summed E-state index contributed by atoms with van der Waals surface area (Å²) in [6, 6.07) is 8.71. The van der Waals surface area contributed by atoms with Gasteiger partial charge in [-0.15, -0.1) is 0 Å². The SMILES string of the molecule is CC(C)CCCCCc1ccc(CN)cc1. The zero-order chi connectivity index (χ0) is 11.8. The summed E-state index contributed by atoms with van der Waals surface area (Å²) in [5, 5.41) is 0. The van der Waals surface area contributed by atoms with Crippen LogP contribution in [0.2, 0.25) is 0 Å². The second kappa shape index (κ2) is 7.45. The number of nitrogens with two attached hydrogens (primary N) is 1. The number of hydrogen-bond donors (Lipinski definition) is 1. The van der Waals surface area contributed by atoms with E-state index >= 15 is 0 Å². The van der Waals surface area contributed by atoms with Crippen LogP contribution >= 0.6 is 0 Å². The van der Waals surface area contributed by atoms with Crippen molar-refractivity contribution < 1.29 is 0 Å². The van der Waals surface area contributed by atoms with Crippen LogP contribution in [0, 0.1) is 5.92 Å². The summed E-state index contributed by atoms with van der Waals surface area (Å²) in [5.74, 6) is 0.851. The molecule has 0 unspecified atom stereocenters. The first-order valence-electron chi connectivity index (χ1n) is 6.50. The quantitative estimate of drug-likeness (QED) is 0.691. The van der Waals surface area contributed by atoms with Crippen molar-refractivity contribution in [2.75, 3.05) is 0 Å². The molecular formula is C15H25N. The molecular weight excluding hydrogens is 194 g/mol. The Morgan fingerprint density at radius 2 is 1.56 bits per heavy atom. The van der Waals surface area contributed by atoms with Gasteiger partial charge in [-0.1, -0.05) is 57.4 Å². The number of aryl methyl sites for hydroxylation is 1. The Hall–Kier alpha value is -0.820. The first-order chi connectivity index (χ1) is 7.72. The summed E-state index contributed by atoms with van der Waals surface area (Å²) in [6.07, 6.45) is 6.62. The molecule has 2 N–H and O–H groups in total. The van der Waals surface area contributed by atoms with Gasteiger partial charge in [0.25, 0.3) is 0 Å². The lowest BCUT2D eigenvalue weighted by Gasteiger charge is -2.05. The minimum absolute atomic E-state index is 0.647. The Bertz CT molecular complexity index is 274. The number of unbranched alkanes of at least 4 members (excludes halogenated alkanes) is 2. The van der Waals surface area contributed by atoms with E-state index < -0.39 is 0 Å². The molecule has 0 amide bonds. The van der Waals surface area contributed by atoms with Gasteiger partial charge in [-0.25, -0.2) is 0 Å². The Labute approximate surface area is 100 Å². The lowest BCUT2D eigenvalue weighted by Crippen LogP contribution is -1.96. The van der Waals surface area contributed by atoms with E-state index in [0.717, 1.165) is 5.92 Å². The van der Waals surface area contributed by atoms with Crippen molar-refractivity contribution in [1.29, 1.82) is 0 Å². The molecule has 0 saturated carbocycles. The Kier molecular flexibility index (Phi) is 6.17. The fourth-order valence-corrected chi connectivity index (χ4v) is 1.90. The van der Waals surface area contributed by atoms with Crippen molar-refractivity contribution in [2.45, 2.75) is 52.5 Å². The van der Waals surface area contributed by atoms with E-state index in [0.29, 0.717) is 6.54 Å². The minimum Gasteiger partial charge on any atom is -0.326 e. The maximum atomic E-state index is 5.57. The van der Waals surface area contributed by atoms with Crippen LogP contribution < -0.4 is 5.73 Å². The first-order valence-corrected chi connectivity index (χ1v) is 6.50. The number of rotatable bonds is 7. The summed E-state index contributed by atoms with van der Waals surface area (Å²) < 4.78 is 0. The molecule has 1 aromatic carbocycles. The van der Waals surface area contributed by atoms with Crippen molar-refractivity contribution >= 4 is 0 Å². The Balaban J connectivity index is 2.16. The third-order valence-electron chi connectivity index (χ3n) is 3.01. The van der Waals surface area contributed by atoms with Gasteiger partial charge >= 0.3 is 0 Å². The molecule has 1 heteroatoms. The Morgan fingerprint density at radius 1 is 0.938 bits per heavy atom. The topological polar surface area (TPSA) is 26.0 Å². The minimum atomic E-state index is 0.647. The van der Waals surface area contributed by atoms with Crippen LogP contribution in [0.5, 0.6) is 0 Å². The highest BCUT2D eigenvalue weighted by atomic mass is 14.5. The average molecular weight is 219 g/mol. The summed E-state index contributed by atoms with van der Waals surface area (Å²) in [7, 11) is 0. The van der Waals surface area contributed by atoms with Gasteiger partial charge < -0.3 is 5.73 Å². The molecule has 0 aromatic heterocycles. The largest absolute Gasteiger partial charge is 0.326 e. The maximum Gasteiger partial charge on any atom is 0.0178 e. The summed E-state index contributed by atoms with van der Waals surface area (Å²) in [6.45, 7) is 5.24. The van der Waals surface area contributed by atoms with Crippen LogP contribution in [-0.2, 0) is 13.0 Å². The molecule has 1 rings (SSSR count). The van der Waals surface area contributed by atoms with Crippen LogP contribution in [0.1, 0.15) is 50.7 Å². The third-order valence-corrected chi connectivity index (χ3v) is 3.01. The van der Waals surface area contributed by atoms with Gasteiger partial charge in [0.2, 0.25) is 0 Å². The van der Waals surface area contributed by atoms with Gasteiger partial charge in [0, 0.05) is 6.54 Å². The van der Waals surface area contributed by atoms with Crippen molar-refractivity contribution in [3.05, 3.63) is 35.4 Å². The van der Waals surface area contributed by atoms with Crippen LogP contribution in [-0.4, -0.2) is 0 Å². The highest BCUT2D eigenvalue weighted by Crippen LogP contribution is 2.12. The van der Waals surface area contributed by atoms with Gasteiger partial charge in [0.15, 0.2) is 0 Å².